The summed E-state index contributed by atoms with van der Waals surface area (Å²) in [5, 5.41) is 12.0. The molecule has 4 nitrogen and oxygen atoms in total. The van der Waals surface area contributed by atoms with Gasteiger partial charge in [0, 0.05) is 48.3 Å². The van der Waals surface area contributed by atoms with Gasteiger partial charge in [0.25, 0.3) is 0 Å². The lowest BCUT2D eigenvalue weighted by Crippen LogP contribution is -2.10. The Morgan fingerprint density at radius 2 is 1.00 bits per heavy atom. The van der Waals surface area contributed by atoms with Crippen molar-refractivity contribution in [2.75, 3.05) is 17.7 Å². The zero-order valence-corrected chi connectivity index (χ0v) is 22.8. The SMILES string of the molecule is CNc1c(Nc2ccc(C(C)(C)C)cc2)c2ccc(-c3ccncc3)cc2c2cc(-c3ccncc3)ccc12. The summed E-state index contributed by atoms with van der Waals surface area (Å²) >= 11 is 0. The summed E-state index contributed by atoms with van der Waals surface area (Å²) in [6.07, 6.45) is 7.38. The highest BCUT2D eigenvalue weighted by Crippen LogP contribution is 2.44. The maximum Gasteiger partial charge on any atom is 0.0706 e. The van der Waals surface area contributed by atoms with Gasteiger partial charge in [0.1, 0.15) is 0 Å². The minimum absolute atomic E-state index is 0.111. The Labute approximate surface area is 229 Å². The molecule has 6 rings (SSSR count). The van der Waals surface area contributed by atoms with E-state index in [2.05, 4.69) is 126 Å². The molecule has 2 aromatic heterocycles. The van der Waals surface area contributed by atoms with Crippen LogP contribution in [0.15, 0.2) is 110 Å². The number of anilines is 3. The second kappa shape index (κ2) is 9.88. The Morgan fingerprint density at radius 3 is 1.46 bits per heavy atom. The van der Waals surface area contributed by atoms with Crippen molar-refractivity contribution in [3.8, 4) is 22.3 Å². The molecule has 0 radical (unpaired) electrons. The van der Waals surface area contributed by atoms with E-state index >= 15 is 0 Å². The van der Waals surface area contributed by atoms with E-state index in [1.807, 2.05) is 31.8 Å². The third-order valence-corrected chi connectivity index (χ3v) is 7.42. The van der Waals surface area contributed by atoms with Gasteiger partial charge in [-0.3, -0.25) is 9.97 Å². The summed E-state index contributed by atoms with van der Waals surface area (Å²) < 4.78 is 0. The van der Waals surface area contributed by atoms with Gasteiger partial charge < -0.3 is 10.6 Å². The lowest BCUT2D eigenvalue weighted by molar-refractivity contribution is 0.590. The summed E-state index contributed by atoms with van der Waals surface area (Å²) in [5.74, 6) is 0. The molecule has 0 spiro atoms. The standard InChI is InChI=1S/C35H32N4/c1-35(2,3)27-7-9-28(10-8-27)39-34-30-12-6-26(24-15-19-38-20-16-24)22-32(30)31-21-25(23-13-17-37-18-14-23)5-11-29(31)33(34)36-4/h5-22,36,39H,1-4H3. The summed E-state index contributed by atoms with van der Waals surface area (Å²) in [7, 11) is 2.00. The fourth-order valence-corrected chi connectivity index (χ4v) is 5.27. The van der Waals surface area contributed by atoms with Crippen molar-refractivity contribution in [1.82, 2.24) is 9.97 Å². The van der Waals surface area contributed by atoms with Gasteiger partial charge in [-0.15, -0.1) is 0 Å². The van der Waals surface area contributed by atoms with E-state index < -0.39 is 0 Å². The molecule has 0 atom stereocenters. The van der Waals surface area contributed by atoms with Crippen LogP contribution in [0.2, 0.25) is 0 Å². The molecule has 0 saturated heterocycles. The average molecular weight is 509 g/mol. The average Bonchev–Trinajstić information content (AvgIpc) is 2.97. The molecular formula is C35H32N4. The fourth-order valence-electron chi connectivity index (χ4n) is 5.27. The molecule has 4 aromatic carbocycles. The van der Waals surface area contributed by atoms with Crippen LogP contribution in [0.1, 0.15) is 26.3 Å². The Kier molecular flexibility index (Phi) is 6.24. The van der Waals surface area contributed by atoms with Crippen LogP contribution in [0.3, 0.4) is 0 Å². The Morgan fingerprint density at radius 1 is 0.513 bits per heavy atom. The van der Waals surface area contributed by atoms with E-state index in [4.69, 9.17) is 0 Å². The molecular weight excluding hydrogens is 476 g/mol. The van der Waals surface area contributed by atoms with E-state index in [1.54, 1.807) is 0 Å². The highest BCUT2D eigenvalue weighted by molar-refractivity contribution is 6.22. The Hall–Kier alpha value is -4.70. The van der Waals surface area contributed by atoms with Crippen molar-refractivity contribution in [2.24, 2.45) is 0 Å². The quantitative estimate of drug-likeness (QED) is 0.180. The van der Waals surface area contributed by atoms with Gasteiger partial charge in [0.05, 0.1) is 11.4 Å². The molecule has 0 aliphatic heterocycles. The summed E-state index contributed by atoms with van der Waals surface area (Å²) in [6.45, 7) is 6.73. The first-order chi connectivity index (χ1) is 18.9. The topological polar surface area (TPSA) is 49.8 Å². The second-order valence-corrected chi connectivity index (χ2v) is 10.9. The number of rotatable bonds is 5. The highest BCUT2D eigenvalue weighted by atomic mass is 14.9. The van der Waals surface area contributed by atoms with Gasteiger partial charge >= 0.3 is 0 Å². The van der Waals surface area contributed by atoms with Crippen LogP contribution in [-0.2, 0) is 5.41 Å². The van der Waals surface area contributed by atoms with Crippen LogP contribution in [0, 0.1) is 0 Å². The lowest BCUT2D eigenvalue weighted by Gasteiger charge is -2.22. The molecule has 192 valence electrons. The Balaban J connectivity index is 1.59. The lowest BCUT2D eigenvalue weighted by atomic mass is 9.87. The van der Waals surface area contributed by atoms with Crippen molar-refractivity contribution in [3.05, 3.63) is 115 Å². The van der Waals surface area contributed by atoms with Crippen LogP contribution in [-0.4, -0.2) is 17.0 Å². The monoisotopic (exact) mass is 508 g/mol. The van der Waals surface area contributed by atoms with E-state index in [9.17, 15) is 0 Å². The minimum atomic E-state index is 0.111. The van der Waals surface area contributed by atoms with Crippen LogP contribution in [0.25, 0.3) is 43.8 Å². The van der Waals surface area contributed by atoms with E-state index in [0.717, 1.165) is 33.6 Å². The normalized spacial score (nSPS) is 11.6. The number of pyridine rings is 2. The predicted octanol–water partition coefficient (Wildman–Crippen LogP) is 9.20. The van der Waals surface area contributed by atoms with Crippen LogP contribution in [0.4, 0.5) is 17.1 Å². The number of fused-ring (bicyclic) bond motifs is 3. The molecule has 0 fully saturated rings. The number of nitrogens with zero attached hydrogens (tertiary/aromatic N) is 2. The molecule has 0 aliphatic carbocycles. The maximum atomic E-state index is 4.21. The minimum Gasteiger partial charge on any atom is -0.386 e. The molecule has 2 N–H and O–H groups in total. The van der Waals surface area contributed by atoms with Crippen LogP contribution in [0.5, 0.6) is 0 Å². The smallest absolute Gasteiger partial charge is 0.0706 e. The molecule has 0 unspecified atom stereocenters. The fraction of sp³-hybridized carbons (Fsp3) is 0.143. The molecule has 2 heterocycles. The van der Waals surface area contributed by atoms with Gasteiger partial charge in [-0.25, -0.2) is 0 Å². The van der Waals surface area contributed by atoms with Crippen molar-refractivity contribution >= 4 is 38.6 Å². The van der Waals surface area contributed by atoms with Gasteiger partial charge in [0.2, 0.25) is 0 Å². The summed E-state index contributed by atoms with van der Waals surface area (Å²) in [6, 6.07) is 30.5. The first-order valence-corrected chi connectivity index (χ1v) is 13.3. The van der Waals surface area contributed by atoms with E-state index in [0.29, 0.717) is 0 Å². The largest absolute Gasteiger partial charge is 0.386 e. The number of aromatic nitrogens is 2. The Bertz CT molecular complexity index is 1770. The third-order valence-electron chi connectivity index (χ3n) is 7.42. The number of hydrogen-bond donors (Lipinski definition) is 2. The molecule has 39 heavy (non-hydrogen) atoms. The van der Waals surface area contributed by atoms with Crippen LogP contribution >= 0.6 is 0 Å². The van der Waals surface area contributed by atoms with Gasteiger partial charge in [-0.05, 0) is 92.5 Å². The van der Waals surface area contributed by atoms with Crippen molar-refractivity contribution in [1.29, 1.82) is 0 Å². The second-order valence-electron chi connectivity index (χ2n) is 10.9. The number of nitrogens with one attached hydrogen (secondary N) is 2. The van der Waals surface area contributed by atoms with E-state index in [1.165, 1.54) is 32.8 Å². The zero-order chi connectivity index (χ0) is 27.0. The molecule has 0 saturated carbocycles. The highest BCUT2D eigenvalue weighted by Gasteiger charge is 2.17. The first kappa shape index (κ1) is 24.6. The van der Waals surface area contributed by atoms with Gasteiger partial charge in [-0.1, -0.05) is 57.2 Å². The van der Waals surface area contributed by atoms with Gasteiger partial charge in [0.15, 0.2) is 0 Å². The van der Waals surface area contributed by atoms with E-state index in [-0.39, 0.29) is 5.41 Å². The first-order valence-electron chi connectivity index (χ1n) is 13.3. The van der Waals surface area contributed by atoms with Crippen LogP contribution < -0.4 is 10.6 Å². The molecule has 0 amide bonds. The predicted molar refractivity (Wildman–Crippen MR) is 166 cm³/mol. The van der Waals surface area contributed by atoms with Gasteiger partial charge in [-0.2, -0.15) is 0 Å². The molecule has 0 aliphatic rings. The summed E-state index contributed by atoms with van der Waals surface area (Å²) in [5.41, 5.74) is 9.27. The number of benzene rings is 4. The molecule has 4 heteroatoms. The zero-order valence-electron chi connectivity index (χ0n) is 22.8. The third kappa shape index (κ3) is 4.70. The van der Waals surface area contributed by atoms with Crippen molar-refractivity contribution in [3.63, 3.8) is 0 Å². The maximum absolute atomic E-state index is 4.21. The summed E-state index contributed by atoms with van der Waals surface area (Å²) in [4.78, 5) is 8.41. The number of hydrogen-bond acceptors (Lipinski definition) is 4. The van der Waals surface area contributed by atoms with Crippen molar-refractivity contribution in [2.45, 2.75) is 26.2 Å². The van der Waals surface area contributed by atoms with Crippen molar-refractivity contribution < 1.29 is 0 Å². The molecule has 0 bridgehead atoms. The molecule has 6 aromatic rings.